The molecule has 0 amide bonds. The van der Waals surface area contributed by atoms with Crippen molar-refractivity contribution < 1.29 is 63.0 Å². The fourth-order valence-electron chi connectivity index (χ4n) is 0.275. The van der Waals surface area contributed by atoms with Gasteiger partial charge in [-0.3, -0.25) is 4.79 Å². The van der Waals surface area contributed by atoms with Crippen molar-refractivity contribution in [1.29, 1.82) is 0 Å². The Labute approximate surface area is 105 Å². The monoisotopic (exact) mass is 197 g/mol. The van der Waals surface area contributed by atoms with Gasteiger partial charge in [0.2, 0.25) is 0 Å². The van der Waals surface area contributed by atoms with E-state index in [0.29, 0.717) is 0 Å². The number of ketones is 1. The van der Waals surface area contributed by atoms with Crippen molar-refractivity contribution in [1.82, 2.24) is 0 Å². The van der Waals surface area contributed by atoms with Gasteiger partial charge in [0.15, 0.2) is 5.78 Å². The van der Waals surface area contributed by atoms with E-state index in [-0.39, 0.29) is 69.9 Å². The SMILES string of the molecule is CC(C)C(=O)/C=C\[NH-].[Rb+]. The van der Waals surface area contributed by atoms with E-state index in [1.165, 1.54) is 6.08 Å². The molecule has 3 heteroatoms. The predicted molar refractivity (Wildman–Crippen MR) is 33.3 cm³/mol. The Hall–Kier alpha value is 1.02. The van der Waals surface area contributed by atoms with Gasteiger partial charge in [0.25, 0.3) is 0 Å². The van der Waals surface area contributed by atoms with E-state index >= 15 is 0 Å². The molecule has 2 nitrogen and oxygen atoms in total. The first-order valence-electron chi connectivity index (χ1n) is 2.56. The van der Waals surface area contributed by atoms with Crippen LogP contribution < -0.4 is 58.2 Å². The molecule has 0 aliphatic heterocycles. The second-order valence-corrected chi connectivity index (χ2v) is 1.89. The van der Waals surface area contributed by atoms with Crippen LogP contribution >= 0.6 is 0 Å². The minimum atomic E-state index is 0. The molecule has 0 heterocycles. The van der Waals surface area contributed by atoms with Crippen LogP contribution in [-0.4, -0.2) is 5.78 Å². The second kappa shape index (κ2) is 7.13. The molecular formula is C6H10NORb. The van der Waals surface area contributed by atoms with Gasteiger partial charge in [0.1, 0.15) is 0 Å². The number of nitrogens with one attached hydrogen (secondary N) is 1. The quantitative estimate of drug-likeness (QED) is 0.512. The molecule has 0 fully saturated rings. The van der Waals surface area contributed by atoms with E-state index in [4.69, 9.17) is 5.73 Å². The zero-order chi connectivity index (χ0) is 6.57. The van der Waals surface area contributed by atoms with Gasteiger partial charge in [-0.25, -0.2) is 0 Å². The fourth-order valence-corrected chi connectivity index (χ4v) is 0.275. The van der Waals surface area contributed by atoms with E-state index in [9.17, 15) is 4.79 Å². The largest absolute Gasteiger partial charge is 1.00 e. The average molecular weight is 198 g/mol. The molecule has 0 saturated heterocycles. The number of allylic oxidation sites excluding steroid dienone is 1. The van der Waals surface area contributed by atoms with Crippen LogP contribution in [0.15, 0.2) is 12.3 Å². The maximum Gasteiger partial charge on any atom is 1.00 e. The van der Waals surface area contributed by atoms with Gasteiger partial charge in [-0.15, -0.1) is 0 Å². The zero-order valence-corrected chi connectivity index (χ0v) is 11.1. The third kappa shape index (κ3) is 6.91. The summed E-state index contributed by atoms with van der Waals surface area (Å²) in [7, 11) is 0. The first kappa shape index (κ1) is 12.7. The summed E-state index contributed by atoms with van der Waals surface area (Å²) in [5.74, 6) is 0.0385. The minimum absolute atomic E-state index is 0. The van der Waals surface area contributed by atoms with Crippen LogP contribution in [0.3, 0.4) is 0 Å². The first-order chi connectivity index (χ1) is 3.68. The van der Waals surface area contributed by atoms with Gasteiger partial charge >= 0.3 is 58.2 Å². The van der Waals surface area contributed by atoms with Crippen molar-refractivity contribution in [2.75, 3.05) is 0 Å². The molecule has 0 saturated carbocycles. The van der Waals surface area contributed by atoms with Crippen molar-refractivity contribution >= 4 is 5.78 Å². The Morgan fingerprint density at radius 1 is 1.56 bits per heavy atom. The molecule has 0 unspecified atom stereocenters. The summed E-state index contributed by atoms with van der Waals surface area (Å²) in [6, 6.07) is 0. The summed E-state index contributed by atoms with van der Waals surface area (Å²) in [6.07, 6.45) is 2.28. The maximum absolute atomic E-state index is 10.5. The molecule has 0 aromatic carbocycles. The first-order valence-corrected chi connectivity index (χ1v) is 2.56. The summed E-state index contributed by atoms with van der Waals surface area (Å²) in [4.78, 5) is 10.5. The number of hydrogen-bond acceptors (Lipinski definition) is 1. The van der Waals surface area contributed by atoms with Gasteiger partial charge in [0.05, 0.1) is 0 Å². The molecule has 0 bridgehead atoms. The molecule has 0 atom stereocenters. The number of hydrogen-bond donors (Lipinski definition) is 0. The van der Waals surface area contributed by atoms with E-state index in [0.717, 1.165) is 6.20 Å². The van der Waals surface area contributed by atoms with Crippen molar-refractivity contribution in [2.24, 2.45) is 5.92 Å². The van der Waals surface area contributed by atoms with E-state index < -0.39 is 0 Å². The number of rotatable bonds is 2. The van der Waals surface area contributed by atoms with Gasteiger partial charge < -0.3 is 5.73 Å². The van der Waals surface area contributed by atoms with Gasteiger partial charge in [-0.2, -0.15) is 6.20 Å². The molecule has 0 aliphatic rings. The normalized spacial score (nSPS) is 9.67. The van der Waals surface area contributed by atoms with E-state index in [1.54, 1.807) is 0 Å². The number of carbonyl (C=O) groups is 1. The Morgan fingerprint density at radius 3 is 2.11 bits per heavy atom. The smallest absolute Gasteiger partial charge is 0.705 e. The molecule has 0 aromatic rings. The van der Waals surface area contributed by atoms with Gasteiger partial charge in [0, 0.05) is 5.92 Å². The molecule has 0 radical (unpaired) electrons. The molecule has 9 heavy (non-hydrogen) atoms. The summed E-state index contributed by atoms with van der Waals surface area (Å²) in [6.45, 7) is 3.62. The Morgan fingerprint density at radius 2 is 2.00 bits per heavy atom. The molecule has 0 aliphatic carbocycles. The third-order valence-corrected chi connectivity index (χ3v) is 0.817. The zero-order valence-electron chi connectivity index (χ0n) is 6.14. The average Bonchev–Trinajstić information content (AvgIpc) is 1.67. The Balaban J connectivity index is 0. The number of carbonyl (C=O) groups excluding carboxylic acids is 1. The van der Waals surface area contributed by atoms with Crippen molar-refractivity contribution in [2.45, 2.75) is 13.8 Å². The Bertz CT molecular complexity index is 110. The molecule has 46 valence electrons. The molecular weight excluding hydrogens is 188 g/mol. The molecule has 0 aromatic heterocycles. The van der Waals surface area contributed by atoms with Crippen LogP contribution in [-0.2, 0) is 4.79 Å². The van der Waals surface area contributed by atoms with Crippen molar-refractivity contribution in [3.63, 3.8) is 0 Å². The van der Waals surface area contributed by atoms with Crippen LogP contribution in [0.5, 0.6) is 0 Å². The summed E-state index contributed by atoms with van der Waals surface area (Å²) in [5, 5.41) is 0. The van der Waals surface area contributed by atoms with Crippen LogP contribution in [0, 0.1) is 5.92 Å². The minimum Gasteiger partial charge on any atom is -0.705 e. The van der Waals surface area contributed by atoms with Crippen molar-refractivity contribution in [3.05, 3.63) is 18.0 Å². The molecule has 1 N–H and O–H groups in total. The topological polar surface area (TPSA) is 40.9 Å². The maximum atomic E-state index is 10.5. The predicted octanol–water partition coefficient (Wildman–Crippen LogP) is -1.22. The third-order valence-electron chi connectivity index (χ3n) is 0.817. The van der Waals surface area contributed by atoms with Crippen LogP contribution in [0.25, 0.3) is 5.73 Å². The van der Waals surface area contributed by atoms with Gasteiger partial charge in [-0.05, 0) is 6.08 Å². The van der Waals surface area contributed by atoms with E-state index in [2.05, 4.69) is 0 Å². The van der Waals surface area contributed by atoms with Crippen LogP contribution in [0.2, 0.25) is 0 Å². The molecule has 0 rings (SSSR count). The summed E-state index contributed by atoms with van der Waals surface area (Å²) in [5.41, 5.74) is 6.52. The van der Waals surface area contributed by atoms with Crippen LogP contribution in [0.1, 0.15) is 13.8 Å². The summed E-state index contributed by atoms with van der Waals surface area (Å²) >= 11 is 0. The standard InChI is InChI=1S/C6H11NO.Rb/c1-5(2)6(8)3-4-7;/h3-5H,1-2H3,(H2,7,8);/q;+1/p-1. The van der Waals surface area contributed by atoms with Crippen molar-refractivity contribution in [3.8, 4) is 0 Å². The fraction of sp³-hybridized carbons (Fsp3) is 0.500. The van der Waals surface area contributed by atoms with Crippen LogP contribution in [0.4, 0.5) is 0 Å². The second-order valence-electron chi connectivity index (χ2n) is 1.89. The van der Waals surface area contributed by atoms with Gasteiger partial charge in [-0.1, -0.05) is 13.8 Å². The Kier molecular flexibility index (Phi) is 10.0. The molecule has 0 spiro atoms. The van der Waals surface area contributed by atoms with E-state index in [1.807, 2.05) is 13.8 Å². The summed E-state index contributed by atoms with van der Waals surface area (Å²) < 4.78 is 0.